The predicted molar refractivity (Wildman–Crippen MR) is 93.5 cm³/mol. The van der Waals surface area contributed by atoms with Gasteiger partial charge in [-0.2, -0.15) is 0 Å². The summed E-state index contributed by atoms with van der Waals surface area (Å²) in [5.41, 5.74) is 2.86. The lowest BCUT2D eigenvalue weighted by molar-refractivity contribution is -0.115. The van der Waals surface area contributed by atoms with Crippen molar-refractivity contribution in [1.82, 2.24) is 10.6 Å². The van der Waals surface area contributed by atoms with E-state index in [1.807, 2.05) is 30.3 Å². The summed E-state index contributed by atoms with van der Waals surface area (Å²) in [7, 11) is 0. The van der Waals surface area contributed by atoms with Crippen LogP contribution in [0.3, 0.4) is 0 Å². The van der Waals surface area contributed by atoms with E-state index in [4.69, 9.17) is 12.2 Å². The van der Waals surface area contributed by atoms with Crippen LogP contribution >= 0.6 is 23.6 Å². The molecule has 1 aromatic heterocycles. The Kier molecular flexibility index (Phi) is 3.17. The fourth-order valence-electron chi connectivity index (χ4n) is 2.42. The molecule has 112 valence electrons. The molecule has 0 unspecified atom stereocenters. The summed E-state index contributed by atoms with van der Waals surface area (Å²) in [5.74, 6) is -0.439. The summed E-state index contributed by atoms with van der Waals surface area (Å²) in [5, 5.41) is 5.66. The van der Waals surface area contributed by atoms with Gasteiger partial charge >= 0.3 is 0 Å². The third kappa shape index (κ3) is 2.49. The first-order valence-electron chi connectivity index (χ1n) is 6.77. The highest BCUT2D eigenvalue weighted by atomic mass is 32.1. The molecule has 23 heavy (non-hydrogen) atoms. The van der Waals surface area contributed by atoms with Crippen molar-refractivity contribution in [2.45, 2.75) is 0 Å². The summed E-state index contributed by atoms with van der Waals surface area (Å²) in [6.45, 7) is 0. The van der Waals surface area contributed by atoms with Gasteiger partial charge in [0.1, 0.15) is 5.70 Å². The van der Waals surface area contributed by atoms with Gasteiger partial charge < -0.3 is 5.32 Å². The Morgan fingerprint density at radius 2 is 2.00 bits per heavy atom. The zero-order valence-corrected chi connectivity index (χ0v) is 13.3. The molecule has 0 aliphatic carbocycles. The minimum absolute atomic E-state index is 0.207. The number of nitrogens with zero attached hydrogens (tertiary/aromatic N) is 1. The maximum absolute atomic E-state index is 11.7. The molecule has 4 rings (SSSR count). The van der Waals surface area contributed by atoms with Gasteiger partial charge in [0.05, 0.1) is 5.56 Å². The summed E-state index contributed by atoms with van der Waals surface area (Å²) in [6.07, 6.45) is 3.34. The third-order valence-electron chi connectivity index (χ3n) is 3.52. The first-order valence-corrected chi connectivity index (χ1v) is 7.99. The fourth-order valence-corrected chi connectivity index (χ4v) is 3.57. The molecule has 1 fully saturated rings. The van der Waals surface area contributed by atoms with E-state index < -0.39 is 0 Å². The Balaban J connectivity index is 1.66. The molecular weight excluding hydrogens is 330 g/mol. The number of hydrogen-bond acceptors (Lipinski definition) is 4. The monoisotopic (exact) mass is 339 g/mol. The van der Waals surface area contributed by atoms with E-state index in [0.717, 1.165) is 20.9 Å². The lowest BCUT2D eigenvalue weighted by Crippen LogP contribution is -2.21. The Hall–Kier alpha value is -2.64. The van der Waals surface area contributed by atoms with Crippen molar-refractivity contribution in [3.63, 3.8) is 0 Å². The Morgan fingerprint density at radius 1 is 1.13 bits per heavy atom. The highest BCUT2D eigenvalue weighted by Gasteiger charge is 2.20. The number of carbonyl (C=O) groups excluding carboxylic acids is 2. The molecule has 5 nitrogen and oxygen atoms in total. The van der Waals surface area contributed by atoms with Crippen LogP contribution in [0.25, 0.3) is 16.5 Å². The summed E-state index contributed by atoms with van der Waals surface area (Å²) >= 11 is 6.43. The average Bonchev–Trinajstić information content (AvgIpc) is 3.21. The molecule has 0 spiro atoms. The van der Waals surface area contributed by atoms with E-state index in [1.54, 1.807) is 12.3 Å². The molecule has 0 bridgehead atoms. The van der Waals surface area contributed by atoms with Crippen LogP contribution < -0.4 is 10.6 Å². The molecule has 1 saturated heterocycles. The van der Waals surface area contributed by atoms with Gasteiger partial charge in [0.2, 0.25) is 0 Å². The van der Waals surface area contributed by atoms with Gasteiger partial charge in [0.15, 0.2) is 5.11 Å². The number of rotatable bonds is 2. The van der Waals surface area contributed by atoms with Gasteiger partial charge in [-0.1, -0.05) is 12.1 Å². The maximum atomic E-state index is 11.7. The minimum atomic E-state index is -0.231. The van der Waals surface area contributed by atoms with Gasteiger partial charge in [-0.15, -0.1) is 11.3 Å². The number of hydrogen-bond donors (Lipinski definition) is 2. The fraction of sp³-hybridized carbons (Fsp3) is 0. The van der Waals surface area contributed by atoms with Gasteiger partial charge in [0, 0.05) is 21.5 Å². The topological polar surface area (TPSA) is 70.6 Å². The predicted octanol–water partition coefficient (Wildman–Crippen LogP) is 2.33. The zero-order chi connectivity index (χ0) is 16.0. The van der Waals surface area contributed by atoms with Crippen LogP contribution in [0, 0.1) is 0 Å². The Labute approximate surface area is 140 Å². The van der Waals surface area contributed by atoms with Crippen molar-refractivity contribution < 1.29 is 9.59 Å². The summed E-state index contributed by atoms with van der Waals surface area (Å²) in [6, 6.07) is 9.59. The van der Waals surface area contributed by atoms with Crippen molar-refractivity contribution in [3.05, 3.63) is 52.0 Å². The van der Waals surface area contributed by atoms with Crippen molar-refractivity contribution >= 4 is 52.8 Å². The number of aliphatic imine (C=N–C) groups is 1. The quantitative estimate of drug-likeness (QED) is 0.651. The van der Waals surface area contributed by atoms with Crippen LogP contribution in [0.5, 0.6) is 0 Å². The van der Waals surface area contributed by atoms with E-state index in [1.165, 1.54) is 11.3 Å². The van der Waals surface area contributed by atoms with Gasteiger partial charge in [0.25, 0.3) is 11.8 Å². The molecule has 1 aromatic carbocycles. The molecule has 3 heterocycles. The number of thiophene rings is 1. The van der Waals surface area contributed by atoms with Crippen molar-refractivity contribution in [2.24, 2.45) is 4.99 Å². The lowest BCUT2D eigenvalue weighted by atomic mass is 10.1. The third-order valence-corrected chi connectivity index (χ3v) is 4.81. The second-order valence-electron chi connectivity index (χ2n) is 5.03. The molecule has 0 saturated carbocycles. The molecule has 7 heteroatoms. The van der Waals surface area contributed by atoms with E-state index in [-0.39, 0.29) is 11.8 Å². The molecule has 2 N–H and O–H groups in total. The van der Waals surface area contributed by atoms with Gasteiger partial charge in [-0.3, -0.25) is 14.9 Å². The first-order chi connectivity index (χ1) is 11.1. The summed E-state index contributed by atoms with van der Waals surface area (Å²) < 4.78 is 0. The second-order valence-corrected chi connectivity index (χ2v) is 6.56. The number of fused-ring (bicyclic) bond motifs is 1. The largest absolute Gasteiger partial charge is 0.328 e. The van der Waals surface area contributed by atoms with Crippen LogP contribution in [0.1, 0.15) is 20.8 Å². The summed E-state index contributed by atoms with van der Waals surface area (Å²) in [4.78, 5) is 29.1. The molecular formula is C16H9N3O2S2. The van der Waals surface area contributed by atoms with Crippen LogP contribution in [0.4, 0.5) is 0 Å². The van der Waals surface area contributed by atoms with Crippen LogP contribution in [0.15, 0.2) is 41.0 Å². The normalized spacial score (nSPS) is 17.6. The van der Waals surface area contributed by atoms with Crippen LogP contribution in [-0.2, 0) is 4.79 Å². The molecule has 0 radical (unpaired) electrons. The number of benzene rings is 1. The van der Waals surface area contributed by atoms with Crippen LogP contribution in [-0.4, -0.2) is 23.1 Å². The highest BCUT2D eigenvalue weighted by Crippen LogP contribution is 2.31. The molecule has 2 aliphatic heterocycles. The zero-order valence-electron chi connectivity index (χ0n) is 11.6. The van der Waals surface area contributed by atoms with Crippen molar-refractivity contribution in [3.8, 4) is 10.4 Å². The van der Waals surface area contributed by atoms with E-state index in [0.29, 0.717) is 16.4 Å². The number of nitrogens with one attached hydrogen (secondary N) is 2. The number of carbonyl (C=O) groups is 2. The second kappa shape index (κ2) is 5.22. The molecule has 2 aliphatic rings. The SMILES string of the molecule is O=C1NC(=S)N/C1=C\c1ccc(-c2ccc3c(c2)C(=O)N=C3)s1. The van der Waals surface area contributed by atoms with E-state index in [9.17, 15) is 9.59 Å². The average molecular weight is 339 g/mol. The smallest absolute Gasteiger partial charge is 0.277 e. The first kappa shape index (κ1) is 14.0. The molecule has 2 aromatic rings. The molecule has 0 atom stereocenters. The Morgan fingerprint density at radius 3 is 2.78 bits per heavy atom. The Bertz CT molecular complexity index is 941. The van der Waals surface area contributed by atoms with E-state index >= 15 is 0 Å². The molecule has 2 amide bonds. The minimum Gasteiger partial charge on any atom is -0.328 e. The van der Waals surface area contributed by atoms with Gasteiger partial charge in [-0.25, -0.2) is 4.99 Å². The maximum Gasteiger partial charge on any atom is 0.277 e. The van der Waals surface area contributed by atoms with Crippen LogP contribution in [0.2, 0.25) is 0 Å². The van der Waals surface area contributed by atoms with E-state index in [2.05, 4.69) is 15.6 Å². The number of thiocarbonyl (C=S) groups is 1. The standard InChI is InChI=1S/C16H9N3O2S2/c20-14-11-5-8(1-2-9(11)7-17-14)13-4-3-10(23-13)6-12-15(21)19-16(22)18-12/h1-7H,(H2,18,19,21,22)/b12-6-. The lowest BCUT2D eigenvalue weighted by Gasteiger charge is -2.00. The van der Waals surface area contributed by atoms with Crippen molar-refractivity contribution in [2.75, 3.05) is 0 Å². The van der Waals surface area contributed by atoms with Gasteiger partial charge in [-0.05, 0) is 42.1 Å². The highest BCUT2D eigenvalue weighted by molar-refractivity contribution is 7.80. The number of amides is 2. The van der Waals surface area contributed by atoms with Crippen molar-refractivity contribution in [1.29, 1.82) is 0 Å².